The van der Waals surface area contributed by atoms with Crippen LogP contribution in [0.3, 0.4) is 0 Å². The predicted octanol–water partition coefficient (Wildman–Crippen LogP) is 4.04. The molecular weight excluding hydrogens is 244 g/mol. The zero-order chi connectivity index (χ0) is 14.4. The Morgan fingerprint density at radius 1 is 1.00 bits per heavy atom. The van der Waals surface area contributed by atoms with Crippen molar-refractivity contribution in [2.24, 2.45) is 11.8 Å². The number of hydrogen-bond acceptors (Lipinski definition) is 2. The number of benzene rings is 2. The summed E-state index contributed by atoms with van der Waals surface area (Å²) < 4.78 is 0. The van der Waals surface area contributed by atoms with E-state index in [1.54, 1.807) is 0 Å². The van der Waals surface area contributed by atoms with Crippen LogP contribution in [0.15, 0.2) is 42.5 Å². The van der Waals surface area contributed by atoms with Gasteiger partial charge in [0.25, 0.3) is 0 Å². The van der Waals surface area contributed by atoms with Crippen LogP contribution in [0.25, 0.3) is 10.8 Å². The molecule has 2 aromatic rings. The summed E-state index contributed by atoms with van der Waals surface area (Å²) in [7, 11) is 0. The summed E-state index contributed by atoms with van der Waals surface area (Å²) in [5, 5.41) is 2.66. The number of nitrogens with one attached hydrogen (secondary N) is 1. The lowest BCUT2D eigenvalue weighted by Gasteiger charge is -2.22. The van der Waals surface area contributed by atoms with E-state index in [1.165, 1.54) is 29.2 Å². The Morgan fingerprint density at radius 2 is 1.70 bits per heavy atom. The summed E-state index contributed by atoms with van der Waals surface area (Å²) in [6.45, 7) is 4.53. The Labute approximate surface area is 122 Å². The molecule has 1 unspecified atom stereocenters. The highest BCUT2D eigenvalue weighted by Crippen LogP contribution is 2.22. The number of rotatable bonds is 7. The van der Waals surface area contributed by atoms with E-state index in [9.17, 15) is 0 Å². The third kappa shape index (κ3) is 3.59. The highest BCUT2D eigenvalue weighted by atomic mass is 15.2. The monoisotopic (exact) mass is 270 g/mol. The zero-order valence-electron chi connectivity index (χ0n) is 12.6. The SMILES string of the molecule is CCC(CC)CC(Cc1cccc2ccccc12)NN. The molecular formula is C18H26N2. The highest BCUT2D eigenvalue weighted by molar-refractivity contribution is 5.85. The standard InChI is InChI=1S/C18H26N2/c1-3-14(4-2)12-17(20-19)13-16-10-7-9-15-8-5-6-11-18(15)16/h5-11,14,17,20H,3-4,12-13,19H2,1-2H3. The normalized spacial score (nSPS) is 13.0. The largest absolute Gasteiger partial charge is 0.271 e. The predicted molar refractivity (Wildman–Crippen MR) is 87.5 cm³/mol. The van der Waals surface area contributed by atoms with E-state index in [-0.39, 0.29) is 0 Å². The van der Waals surface area contributed by atoms with Gasteiger partial charge >= 0.3 is 0 Å². The van der Waals surface area contributed by atoms with Crippen LogP contribution < -0.4 is 11.3 Å². The molecule has 2 heteroatoms. The van der Waals surface area contributed by atoms with Crippen molar-refractivity contribution in [3.8, 4) is 0 Å². The fourth-order valence-corrected chi connectivity index (χ4v) is 2.97. The van der Waals surface area contributed by atoms with Gasteiger partial charge in [-0.1, -0.05) is 69.2 Å². The highest BCUT2D eigenvalue weighted by Gasteiger charge is 2.14. The number of hydrazine groups is 1. The minimum atomic E-state index is 0.353. The number of nitrogens with two attached hydrogens (primary N) is 1. The van der Waals surface area contributed by atoms with E-state index < -0.39 is 0 Å². The van der Waals surface area contributed by atoms with Crippen LogP contribution in [0, 0.1) is 5.92 Å². The first-order chi connectivity index (χ1) is 9.78. The van der Waals surface area contributed by atoms with Gasteiger partial charge in [-0.3, -0.25) is 11.3 Å². The maximum Gasteiger partial charge on any atom is 0.0253 e. The third-order valence-corrected chi connectivity index (χ3v) is 4.35. The second kappa shape index (κ2) is 7.41. The molecule has 2 rings (SSSR count). The summed E-state index contributed by atoms with van der Waals surface area (Å²) in [6.07, 6.45) is 4.59. The molecule has 0 fully saturated rings. The van der Waals surface area contributed by atoms with Gasteiger partial charge in [0.1, 0.15) is 0 Å². The van der Waals surface area contributed by atoms with Crippen LogP contribution in [0.5, 0.6) is 0 Å². The molecule has 0 radical (unpaired) electrons. The van der Waals surface area contributed by atoms with E-state index in [0.717, 1.165) is 18.8 Å². The minimum absolute atomic E-state index is 0.353. The van der Waals surface area contributed by atoms with Gasteiger partial charge in [0.05, 0.1) is 0 Å². The number of fused-ring (bicyclic) bond motifs is 1. The van der Waals surface area contributed by atoms with Crippen molar-refractivity contribution < 1.29 is 0 Å². The van der Waals surface area contributed by atoms with Gasteiger partial charge in [-0.25, -0.2) is 0 Å². The van der Waals surface area contributed by atoms with Crippen LogP contribution in [0.4, 0.5) is 0 Å². The molecule has 3 N–H and O–H groups in total. The van der Waals surface area contributed by atoms with Crippen LogP contribution in [0.2, 0.25) is 0 Å². The number of hydrogen-bond donors (Lipinski definition) is 2. The first-order valence-electron chi connectivity index (χ1n) is 7.71. The average molecular weight is 270 g/mol. The molecule has 0 aliphatic rings. The molecule has 108 valence electrons. The van der Waals surface area contributed by atoms with Crippen LogP contribution in [0.1, 0.15) is 38.7 Å². The lowest BCUT2D eigenvalue weighted by Crippen LogP contribution is -2.38. The summed E-state index contributed by atoms with van der Waals surface area (Å²) >= 11 is 0. The summed E-state index contributed by atoms with van der Waals surface area (Å²) in [5.41, 5.74) is 4.40. The molecule has 0 bridgehead atoms. The van der Waals surface area contributed by atoms with Gasteiger partial charge in [-0.2, -0.15) is 0 Å². The van der Waals surface area contributed by atoms with E-state index in [4.69, 9.17) is 5.84 Å². The maximum absolute atomic E-state index is 5.77. The van der Waals surface area contributed by atoms with E-state index in [0.29, 0.717) is 6.04 Å². The molecule has 2 nitrogen and oxygen atoms in total. The fraction of sp³-hybridized carbons (Fsp3) is 0.444. The third-order valence-electron chi connectivity index (χ3n) is 4.35. The Hall–Kier alpha value is -1.38. The van der Waals surface area contributed by atoms with Crippen molar-refractivity contribution in [2.45, 2.75) is 45.6 Å². The molecule has 0 saturated carbocycles. The fourth-order valence-electron chi connectivity index (χ4n) is 2.97. The van der Waals surface area contributed by atoms with Gasteiger partial charge in [0.2, 0.25) is 0 Å². The summed E-state index contributed by atoms with van der Waals surface area (Å²) in [4.78, 5) is 0. The van der Waals surface area contributed by atoms with Crippen LogP contribution in [-0.2, 0) is 6.42 Å². The molecule has 0 aliphatic heterocycles. The molecule has 0 amide bonds. The molecule has 0 spiro atoms. The second-order valence-corrected chi connectivity index (χ2v) is 5.62. The summed E-state index contributed by atoms with van der Waals surface area (Å²) in [6, 6.07) is 15.5. The smallest absolute Gasteiger partial charge is 0.0253 e. The first-order valence-corrected chi connectivity index (χ1v) is 7.71. The summed E-state index contributed by atoms with van der Waals surface area (Å²) in [5.74, 6) is 6.53. The van der Waals surface area contributed by atoms with Gasteiger partial charge in [0.15, 0.2) is 0 Å². The molecule has 0 aromatic heterocycles. The van der Waals surface area contributed by atoms with Crippen molar-refractivity contribution in [2.75, 3.05) is 0 Å². The van der Waals surface area contributed by atoms with Crippen molar-refractivity contribution in [1.29, 1.82) is 0 Å². The van der Waals surface area contributed by atoms with Crippen LogP contribution >= 0.6 is 0 Å². The van der Waals surface area contributed by atoms with Crippen LogP contribution in [-0.4, -0.2) is 6.04 Å². The minimum Gasteiger partial charge on any atom is -0.271 e. The molecule has 0 saturated heterocycles. The second-order valence-electron chi connectivity index (χ2n) is 5.62. The topological polar surface area (TPSA) is 38.0 Å². The van der Waals surface area contributed by atoms with Crippen molar-refractivity contribution in [3.63, 3.8) is 0 Å². The quantitative estimate of drug-likeness (QED) is 0.588. The first kappa shape index (κ1) is 15.0. The Bertz CT molecular complexity index is 526. The molecule has 20 heavy (non-hydrogen) atoms. The lowest BCUT2D eigenvalue weighted by molar-refractivity contribution is 0.367. The molecule has 0 heterocycles. The Morgan fingerprint density at radius 3 is 2.40 bits per heavy atom. The lowest BCUT2D eigenvalue weighted by atomic mass is 9.90. The Balaban J connectivity index is 2.17. The van der Waals surface area contributed by atoms with Gasteiger partial charge in [0, 0.05) is 6.04 Å². The molecule has 1 atom stereocenters. The average Bonchev–Trinajstić information content (AvgIpc) is 2.51. The van der Waals surface area contributed by atoms with Gasteiger partial charge in [-0.15, -0.1) is 0 Å². The van der Waals surface area contributed by atoms with E-state index in [1.807, 2.05) is 0 Å². The van der Waals surface area contributed by atoms with Gasteiger partial charge in [-0.05, 0) is 35.1 Å². The van der Waals surface area contributed by atoms with E-state index in [2.05, 4.69) is 61.7 Å². The maximum atomic E-state index is 5.77. The van der Waals surface area contributed by atoms with Crippen molar-refractivity contribution in [3.05, 3.63) is 48.0 Å². The van der Waals surface area contributed by atoms with Crippen molar-refractivity contribution >= 4 is 10.8 Å². The van der Waals surface area contributed by atoms with Gasteiger partial charge < -0.3 is 0 Å². The zero-order valence-corrected chi connectivity index (χ0v) is 12.6. The Kier molecular flexibility index (Phi) is 5.57. The van der Waals surface area contributed by atoms with Crippen molar-refractivity contribution in [1.82, 2.24) is 5.43 Å². The molecule has 2 aromatic carbocycles. The van der Waals surface area contributed by atoms with E-state index >= 15 is 0 Å². The molecule has 0 aliphatic carbocycles.